The molecule has 1 aromatic carbocycles. The van der Waals surface area contributed by atoms with Crippen molar-refractivity contribution in [3.63, 3.8) is 0 Å². The molecule has 1 saturated heterocycles. The number of piperidine rings is 1. The first kappa shape index (κ1) is 17.0. The normalized spacial score (nSPS) is 21.8. The number of nitrogens with one attached hydrogen (secondary N) is 1. The van der Waals surface area contributed by atoms with Crippen molar-refractivity contribution in [3.8, 4) is 0 Å². The monoisotopic (exact) mass is 342 g/mol. The van der Waals surface area contributed by atoms with Gasteiger partial charge in [0.25, 0.3) is 0 Å². The predicted molar refractivity (Wildman–Crippen MR) is 102 cm³/mol. The molecule has 1 N–H and O–H groups in total. The largest absolute Gasteiger partial charge is 0.351 e. The van der Waals surface area contributed by atoms with Crippen LogP contribution >= 0.6 is 11.3 Å². The van der Waals surface area contributed by atoms with Crippen molar-refractivity contribution in [2.75, 3.05) is 20.1 Å². The second kappa shape index (κ2) is 7.79. The van der Waals surface area contributed by atoms with E-state index in [1.54, 1.807) is 11.3 Å². The lowest BCUT2D eigenvalue weighted by Gasteiger charge is -2.38. The van der Waals surface area contributed by atoms with Gasteiger partial charge in [-0.3, -0.25) is 4.99 Å². The lowest BCUT2D eigenvalue weighted by atomic mass is 9.82. The predicted octanol–water partition coefficient (Wildman–Crippen LogP) is 3.65. The molecule has 1 aromatic heterocycles. The molecule has 2 aromatic rings. The Morgan fingerprint density at radius 2 is 2.17 bits per heavy atom. The summed E-state index contributed by atoms with van der Waals surface area (Å²) in [7, 11) is 1.87. The topological polar surface area (TPSA) is 40.5 Å². The highest BCUT2D eigenvalue weighted by atomic mass is 32.1. The van der Waals surface area contributed by atoms with E-state index in [1.165, 1.54) is 16.9 Å². The number of benzene rings is 1. The summed E-state index contributed by atoms with van der Waals surface area (Å²) < 4.78 is 0. The van der Waals surface area contributed by atoms with Crippen molar-refractivity contribution < 1.29 is 0 Å². The highest BCUT2D eigenvalue weighted by Gasteiger charge is 2.28. The Hall–Kier alpha value is -1.88. The first-order chi connectivity index (χ1) is 11.7. The number of aliphatic imine (C=N–C) groups is 1. The van der Waals surface area contributed by atoms with Crippen LogP contribution in [0.5, 0.6) is 0 Å². The van der Waals surface area contributed by atoms with Crippen molar-refractivity contribution >= 4 is 17.3 Å². The smallest absolute Gasteiger partial charge is 0.193 e. The van der Waals surface area contributed by atoms with Crippen molar-refractivity contribution in [1.82, 2.24) is 15.2 Å². The van der Waals surface area contributed by atoms with Crippen LogP contribution in [0, 0.1) is 12.8 Å². The Balaban J connectivity index is 1.60. The summed E-state index contributed by atoms with van der Waals surface area (Å²) in [6.07, 6.45) is 1.17. The molecule has 0 saturated carbocycles. The highest BCUT2D eigenvalue weighted by Crippen LogP contribution is 2.32. The van der Waals surface area contributed by atoms with E-state index in [1.807, 2.05) is 12.6 Å². The fourth-order valence-electron chi connectivity index (χ4n) is 3.52. The molecular formula is C19H26N4S. The maximum Gasteiger partial charge on any atom is 0.193 e. The number of rotatable bonds is 3. The van der Waals surface area contributed by atoms with Gasteiger partial charge in [0.1, 0.15) is 0 Å². The molecule has 1 aliphatic rings. The maximum atomic E-state index is 4.49. The molecule has 24 heavy (non-hydrogen) atoms. The standard InChI is InChI=1S/C19H26N4S/c1-14-12-23(10-9-17(14)16-7-5-4-6-8-16)19(20-3)21-11-18-15(2)22-13-24-18/h4-8,13-14,17H,9-12H2,1-3H3,(H,20,21). The summed E-state index contributed by atoms with van der Waals surface area (Å²) in [4.78, 5) is 12.5. The fourth-order valence-corrected chi connectivity index (χ4v) is 4.24. The van der Waals surface area contributed by atoms with E-state index in [0.29, 0.717) is 11.8 Å². The number of aryl methyl sites for hydroxylation is 1. The van der Waals surface area contributed by atoms with Crippen molar-refractivity contribution in [1.29, 1.82) is 0 Å². The van der Waals surface area contributed by atoms with Crippen LogP contribution in [-0.4, -0.2) is 36.0 Å². The summed E-state index contributed by atoms with van der Waals surface area (Å²) in [5.41, 5.74) is 4.48. The van der Waals surface area contributed by atoms with Crippen LogP contribution in [0.3, 0.4) is 0 Å². The van der Waals surface area contributed by atoms with Gasteiger partial charge >= 0.3 is 0 Å². The van der Waals surface area contributed by atoms with Crippen LogP contribution in [0.2, 0.25) is 0 Å². The van der Waals surface area contributed by atoms with E-state index in [-0.39, 0.29) is 0 Å². The molecular weight excluding hydrogens is 316 g/mol. The van der Waals surface area contributed by atoms with Gasteiger partial charge in [-0.2, -0.15) is 0 Å². The minimum Gasteiger partial charge on any atom is -0.351 e. The third-order valence-electron chi connectivity index (χ3n) is 4.90. The van der Waals surface area contributed by atoms with Crippen LogP contribution in [0.15, 0.2) is 40.8 Å². The van der Waals surface area contributed by atoms with Crippen LogP contribution in [0.4, 0.5) is 0 Å². The number of thiazole rings is 1. The Bertz CT molecular complexity index is 680. The zero-order valence-electron chi connectivity index (χ0n) is 14.7. The van der Waals surface area contributed by atoms with Crippen LogP contribution < -0.4 is 5.32 Å². The van der Waals surface area contributed by atoms with Crippen molar-refractivity contribution in [2.24, 2.45) is 10.9 Å². The lowest BCUT2D eigenvalue weighted by Crippen LogP contribution is -2.47. The first-order valence-electron chi connectivity index (χ1n) is 8.58. The Labute approximate surface area is 148 Å². The number of nitrogens with zero attached hydrogens (tertiary/aromatic N) is 3. The van der Waals surface area contributed by atoms with E-state index in [9.17, 15) is 0 Å². The molecule has 0 spiro atoms. The maximum absolute atomic E-state index is 4.49. The molecule has 0 aliphatic carbocycles. The number of hydrogen-bond acceptors (Lipinski definition) is 3. The summed E-state index contributed by atoms with van der Waals surface area (Å²) in [6.45, 7) is 7.30. The molecule has 4 nitrogen and oxygen atoms in total. The third-order valence-corrected chi connectivity index (χ3v) is 5.83. The molecule has 1 fully saturated rings. The number of likely N-dealkylation sites (tertiary alicyclic amines) is 1. The van der Waals surface area contributed by atoms with Crippen LogP contribution in [0.25, 0.3) is 0 Å². The van der Waals surface area contributed by atoms with Gasteiger partial charge in [0.05, 0.1) is 17.7 Å². The van der Waals surface area contributed by atoms with Gasteiger partial charge in [0.2, 0.25) is 0 Å². The Morgan fingerprint density at radius 1 is 1.38 bits per heavy atom. The first-order valence-corrected chi connectivity index (χ1v) is 9.46. The highest BCUT2D eigenvalue weighted by molar-refractivity contribution is 7.09. The van der Waals surface area contributed by atoms with Crippen molar-refractivity contribution in [2.45, 2.75) is 32.7 Å². The molecule has 2 heterocycles. The molecule has 0 amide bonds. The molecule has 2 atom stereocenters. The van der Waals surface area contributed by atoms with E-state index in [2.05, 4.69) is 64.4 Å². The molecule has 0 bridgehead atoms. The SMILES string of the molecule is CN=C(NCc1scnc1C)N1CCC(c2ccccc2)C(C)C1. The summed E-state index contributed by atoms with van der Waals surface area (Å²) in [5, 5.41) is 3.50. The molecule has 1 aliphatic heterocycles. The minimum atomic E-state index is 0.616. The third kappa shape index (κ3) is 3.78. The zero-order valence-corrected chi connectivity index (χ0v) is 15.5. The van der Waals surface area contributed by atoms with E-state index in [0.717, 1.165) is 31.3 Å². The minimum absolute atomic E-state index is 0.616. The molecule has 3 rings (SSSR count). The summed E-state index contributed by atoms with van der Waals surface area (Å²) >= 11 is 1.70. The Morgan fingerprint density at radius 3 is 2.79 bits per heavy atom. The number of aromatic nitrogens is 1. The molecule has 128 valence electrons. The quantitative estimate of drug-likeness (QED) is 0.684. The van der Waals surface area contributed by atoms with Gasteiger partial charge in [-0.05, 0) is 30.7 Å². The van der Waals surface area contributed by atoms with Gasteiger partial charge < -0.3 is 10.2 Å². The summed E-state index contributed by atoms with van der Waals surface area (Å²) in [6, 6.07) is 10.9. The summed E-state index contributed by atoms with van der Waals surface area (Å²) in [5.74, 6) is 2.26. The second-order valence-electron chi connectivity index (χ2n) is 6.49. The number of guanidine groups is 1. The second-order valence-corrected chi connectivity index (χ2v) is 7.43. The molecule has 2 unspecified atom stereocenters. The lowest BCUT2D eigenvalue weighted by molar-refractivity contribution is 0.234. The molecule has 5 heteroatoms. The van der Waals surface area contributed by atoms with Gasteiger partial charge in [-0.1, -0.05) is 37.3 Å². The average molecular weight is 343 g/mol. The van der Waals surface area contributed by atoms with E-state index < -0.39 is 0 Å². The van der Waals surface area contributed by atoms with Gasteiger partial charge in [-0.15, -0.1) is 11.3 Å². The van der Waals surface area contributed by atoms with E-state index in [4.69, 9.17) is 0 Å². The Kier molecular flexibility index (Phi) is 5.51. The van der Waals surface area contributed by atoms with Gasteiger partial charge in [0, 0.05) is 25.0 Å². The van der Waals surface area contributed by atoms with Gasteiger partial charge in [0.15, 0.2) is 5.96 Å². The van der Waals surface area contributed by atoms with Crippen LogP contribution in [0.1, 0.15) is 35.4 Å². The van der Waals surface area contributed by atoms with Crippen molar-refractivity contribution in [3.05, 3.63) is 52.0 Å². The van der Waals surface area contributed by atoms with Crippen LogP contribution in [-0.2, 0) is 6.54 Å². The number of hydrogen-bond donors (Lipinski definition) is 1. The average Bonchev–Trinajstić information content (AvgIpc) is 3.01. The fraction of sp³-hybridized carbons (Fsp3) is 0.474. The van der Waals surface area contributed by atoms with E-state index >= 15 is 0 Å². The zero-order chi connectivity index (χ0) is 16.9. The molecule has 0 radical (unpaired) electrons. The van der Waals surface area contributed by atoms with Gasteiger partial charge in [-0.25, -0.2) is 4.98 Å².